The Morgan fingerprint density at radius 3 is 2.30 bits per heavy atom. The van der Waals surface area contributed by atoms with Gasteiger partial charge in [0.25, 0.3) is 0 Å². The topological polar surface area (TPSA) is 81.9 Å². The zero-order valence-corrected chi connectivity index (χ0v) is 5.45. The molecule has 5 heteroatoms. The molecule has 0 saturated carbocycles. The lowest BCUT2D eigenvalue weighted by atomic mass is 10.4. The predicted octanol–water partition coefficient (Wildman–Crippen LogP) is 0.230. The molecule has 0 aliphatic carbocycles. The van der Waals surface area contributed by atoms with Crippen molar-refractivity contribution in [2.24, 2.45) is 4.99 Å². The Hall–Kier alpha value is -1.10. The molecule has 0 aromatic heterocycles. The zero-order valence-electron chi connectivity index (χ0n) is 5.45. The van der Waals surface area contributed by atoms with Gasteiger partial charge in [0.1, 0.15) is 0 Å². The van der Waals surface area contributed by atoms with Gasteiger partial charge in [0.2, 0.25) is 0 Å². The van der Waals surface area contributed by atoms with Crippen LogP contribution in [-0.2, 0) is 0 Å². The van der Waals surface area contributed by atoms with Crippen LogP contribution in [0.25, 0.3) is 0 Å². The summed E-state index contributed by atoms with van der Waals surface area (Å²) >= 11 is 0. The van der Waals surface area contributed by atoms with Gasteiger partial charge in [0.15, 0.2) is 0 Å². The quantitative estimate of drug-likeness (QED) is 0.457. The molecule has 1 rings (SSSR count). The monoisotopic (exact) mass is 146 g/mol. The van der Waals surface area contributed by atoms with Crippen LogP contribution in [0.2, 0.25) is 0 Å². The van der Waals surface area contributed by atoms with E-state index in [2.05, 4.69) is 10.3 Å². The van der Waals surface area contributed by atoms with Gasteiger partial charge in [-0.05, 0) is 6.42 Å². The van der Waals surface area contributed by atoms with E-state index in [4.69, 9.17) is 15.0 Å². The minimum Gasteiger partial charge on any atom is -0.450 e. The van der Waals surface area contributed by atoms with Gasteiger partial charge in [0.05, 0.1) is 6.67 Å². The number of nitrogens with zero attached hydrogens (tertiary/aromatic N) is 1. The molecule has 1 aliphatic heterocycles. The molecule has 0 aromatic rings. The van der Waals surface area contributed by atoms with Gasteiger partial charge in [-0.1, -0.05) is 0 Å². The second-order valence-electron chi connectivity index (χ2n) is 1.59. The fourth-order valence-electron chi connectivity index (χ4n) is 0.466. The number of carboxylic acid groups (broad SMARTS) is 2. The summed E-state index contributed by atoms with van der Waals surface area (Å²) in [4.78, 5) is 12.5. The lowest BCUT2D eigenvalue weighted by molar-refractivity contribution is 0.137. The normalized spacial score (nSPS) is 15.2. The summed E-state index contributed by atoms with van der Waals surface area (Å²) in [6.45, 7) is 1.92. The molecule has 0 fully saturated rings. The summed E-state index contributed by atoms with van der Waals surface area (Å²) in [6, 6.07) is 0. The maximum Gasteiger partial charge on any atom is 0.503 e. The minimum atomic E-state index is -1.83. The molecular weight excluding hydrogens is 136 g/mol. The molecule has 3 N–H and O–H groups in total. The molecule has 10 heavy (non-hydrogen) atoms. The first-order valence-electron chi connectivity index (χ1n) is 2.84. The highest BCUT2D eigenvalue weighted by Gasteiger charge is 1.85. The Morgan fingerprint density at radius 2 is 2.20 bits per heavy atom. The third kappa shape index (κ3) is 10.0. The van der Waals surface area contributed by atoms with E-state index in [9.17, 15) is 0 Å². The largest absolute Gasteiger partial charge is 0.503 e. The maximum absolute atomic E-state index is 8.56. The number of carbonyl (C=O) groups is 1. The zero-order chi connectivity index (χ0) is 7.82. The van der Waals surface area contributed by atoms with E-state index in [0.717, 1.165) is 19.6 Å². The van der Waals surface area contributed by atoms with Crippen molar-refractivity contribution in [2.75, 3.05) is 13.2 Å². The molecule has 0 aromatic carbocycles. The molecular formula is C5H10N2O3. The fourth-order valence-corrected chi connectivity index (χ4v) is 0.466. The van der Waals surface area contributed by atoms with Crippen molar-refractivity contribution < 1.29 is 15.0 Å². The van der Waals surface area contributed by atoms with Crippen LogP contribution in [0.1, 0.15) is 6.42 Å². The number of hydrogen-bond acceptors (Lipinski definition) is 3. The summed E-state index contributed by atoms with van der Waals surface area (Å²) in [6.07, 6.45) is 1.22. The number of nitrogens with one attached hydrogen (secondary N) is 1. The van der Waals surface area contributed by atoms with Crippen LogP contribution < -0.4 is 5.32 Å². The second-order valence-corrected chi connectivity index (χ2v) is 1.59. The number of aliphatic imine (C=N–C) groups is 1. The Balaban J connectivity index is 0.000000180. The molecule has 1 heterocycles. The molecule has 0 amide bonds. The second kappa shape index (κ2) is 6.03. The van der Waals surface area contributed by atoms with Crippen LogP contribution in [0.4, 0.5) is 4.79 Å². The third-order valence-electron chi connectivity index (χ3n) is 0.782. The van der Waals surface area contributed by atoms with E-state index in [1.165, 1.54) is 0 Å². The highest BCUT2D eigenvalue weighted by molar-refractivity contribution is 5.57. The van der Waals surface area contributed by atoms with E-state index >= 15 is 0 Å². The number of hydrogen-bond donors (Lipinski definition) is 3. The third-order valence-corrected chi connectivity index (χ3v) is 0.782. The van der Waals surface area contributed by atoms with Gasteiger partial charge in [-0.25, -0.2) is 4.79 Å². The molecule has 1 aliphatic rings. The van der Waals surface area contributed by atoms with Gasteiger partial charge < -0.3 is 10.2 Å². The van der Waals surface area contributed by atoms with E-state index in [-0.39, 0.29) is 0 Å². The van der Waals surface area contributed by atoms with Gasteiger partial charge >= 0.3 is 6.16 Å². The van der Waals surface area contributed by atoms with Gasteiger partial charge in [-0.3, -0.25) is 10.3 Å². The molecule has 58 valence electrons. The van der Waals surface area contributed by atoms with Gasteiger partial charge in [-0.15, -0.1) is 0 Å². The van der Waals surface area contributed by atoms with E-state index in [1.54, 1.807) is 0 Å². The summed E-state index contributed by atoms with van der Waals surface area (Å²) in [5.41, 5.74) is 0. The van der Waals surface area contributed by atoms with Crippen molar-refractivity contribution in [3.63, 3.8) is 0 Å². The molecule has 0 atom stereocenters. The number of rotatable bonds is 0. The standard InChI is InChI=1S/C4H8N2.CH2O3/c1-2-5-4-6-3-1;2-1(3)4/h2,6H,1,3-4H2;(H2,2,3,4). The van der Waals surface area contributed by atoms with Crippen LogP contribution in [0.15, 0.2) is 4.99 Å². The average molecular weight is 146 g/mol. The predicted molar refractivity (Wildman–Crippen MR) is 36.6 cm³/mol. The van der Waals surface area contributed by atoms with Crippen molar-refractivity contribution in [1.82, 2.24) is 5.32 Å². The lowest BCUT2D eigenvalue weighted by Crippen LogP contribution is -2.19. The van der Waals surface area contributed by atoms with Crippen LogP contribution in [-0.4, -0.2) is 35.8 Å². The van der Waals surface area contributed by atoms with E-state index in [0.29, 0.717) is 0 Å². The first-order valence-corrected chi connectivity index (χ1v) is 2.84. The summed E-state index contributed by atoms with van der Waals surface area (Å²) < 4.78 is 0. The van der Waals surface area contributed by atoms with Crippen LogP contribution in [0.3, 0.4) is 0 Å². The lowest BCUT2D eigenvalue weighted by Gasteiger charge is -2.01. The summed E-state index contributed by atoms with van der Waals surface area (Å²) in [5.74, 6) is 0. The van der Waals surface area contributed by atoms with Crippen molar-refractivity contribution in [3.8, 4) is 0 Å². The maximum atomic E-state index is 8.56. The van der Waals surface area contributed by atoms with Crippen molar-refractivity contribution in [3.05, 3.63) is 0 Å². The summed E-state index contributed by atoms with van der Waals surface area (Å²) in [7, 11) is 0. The molecule has 0 saturated heterocycles. The van der Waals surface area contributed by atoms with Crippen LogP contribution in [0.5, 0.6) is 0 Å². The van der Waals surface area contributed by atoms with Crippen LogP contribution >= 0.6 is 0 Å². The van der Waals surface area contributed by atoms with Gasteiger partial charge in [-0.2, -0.15) is 0 Å². The smallest absolute Gasteiger partial charge is 0.450 e. The SMILES string of the molecule is C1=NCNCC1.O=C(O)O. The first-order chi connectivity index (χ1) is 4.73. The van der Waals surface area contributed by atoms with E-state index < -0.39 is 6.16 Å². The van der Waals surface area contributed by atoms with Crippen molar-refractivity contribution in [2.45, 2.75) is 6.42 Å². The molecule has 0 bridgehead atoms. The fraction of sp³-hybridized carbons (Fsp3) is 0.600. The highest BCUT2D eigenvalue weighted by atomic mass is 16.6. The Kier molecular flexibility index (Phi) is 5.36. The van der Waals surface area contributed by atoms with Gasteiger partial charge in [0, 0.05) is 12.8 Å². The average Bonchev–Trinajstić information content (AvgIpc) is 1.90. The molecule has 0 radical (unpaired) electrons. The minimum absolute atomic E-state index is 0.819. The molecule has 5 nitrogen and oxygen atoms in total. The highest BCUT2D eigenvalue weighted by Crippen LogP contribution is 1.76. The first kappa shape index (κ1) is 8.90. The van der Waals surface area contributed by atoms with Crippen molar-refractivity contribution >= 4 is 12.4 Å². The summed E-state index contributed by atoms with van der Waals surface area (Å²) in [5, 5.41) is 17.0. The Bertz CT molecular complexity index is 112. The molecule has 0 spiro atoms. The van der Waals surface area contributed by atoms with E-state index in [1.807, 2.05) is 6.21 Å². The Labute approximate surface area is 58.4 Å². The van der Waals surface area contributed by atoms with Crippen molar-refractivity contribution in [1.29, 1.82) is 0 Å². The molecule has 0 unspecified atom stereocenters. The Morgan fingerprint density at radius 1 is 1.60 bits per heavy atom. The van der Waals surface area contributed by atoms with Crippen LogP contribution in [0, 0.1) is 0 Å².